The van der Waals surface area contributed by atoms with Crippen molar-refractivity contribution in [3.8, 4) is 17.1 Å². The van der Waals surface area contributed by atoms with Crippen LogP contribution >= 0.6 is 11.8 Å². The largest absolute Gasteiger partial charge is 0.497 e. The molecular formula is C28H26N4O3S. The highest BCUT2D eigenvalue weighted by Crippen LogP contribution is 2.38. The molecular weight excluding hydrogens is 472 g/mol. The number of carbonyl (C=O) groups excluding carboxylic acids is 1. The number of methoxy groups -OCH3 is 1. The Morgan fingerprint density at radius 2 is 1.75 bits per heavy atom. The maximum Gasteiger partial charge on any atom is 0.322 e. The fraction of sp³-hybridized carbons (Fsp3) is 0.179. The van der Waals surface area contributed by atoms with E-state index in [-0.39, 0.29) is 6.03 Å². The molecule has 1 atom stereocenters. The molecule has 0 bridgehead atoms. The number of amides is 2. The third-order valence-corrected chi connectivity index (χ3v) is 6.98. The zero-order valence-electron chi connectivity index (χ0n) is 20.3. The summed E-state index contributed by atoms with van der Waals surface area (Å²) in [6, 6.07) is 24.9. The van der Waals surface area contributed by atoms with Gasteiger partial charge in [0.05, 0.1) is 25.3 Å². The molecule has 8 heteroatoms. The van der Waals surface area contributed by atoms with Crippen molar-refractivity contribution < 1.29 is 14.1 Å². The van der Waals surface area contributed by atoms with Crippen molar-refractivity contribution in [2.75, 3.05) is 13.4 Å². The Labute approximate surface area is 214 Å². The number of nitrogens with zero attached hydrogens (tertiary/aromatic N) is 3. The van der Waals surface area contributed by atoms with Crippen LogP contribution in [0.5, 0.6) is 5.75 Å². The first-order valence-electron chi connectivity index (χ1n) is 11.5. The van der Waals surface area contributed by atoms with E-state index >= 15 is 0 Å². The van der Waals surface area contributed by atoms with Crippen LogP contribution in [-0.2, 0) is 6.54 Å². The van der Waals surface area contributed by atoms with E-state index in [9.17, 15) is 4.79 Å². The predicted molar refractivity (Wildman–Crippen MR) is 140 cm³/mol. The maximum atomic E-state index is 13.3. The number of benzene rings is 3. The summed E-state index contributed by atoms with van der Waals surface area (Å²) in [6.45, 7) is 2.31. The van der Waals surface area contributed by atoms with Crippen LogP contribution in [0.15, 0.2) is 94.0 Å². The summed E-state index contributed by atoms with van der Waals surface area (Å²) >= 11 is 1.68. The number of thioether (sulfide) groups is 1. The number of urea groups is 1. The molecule has 0 saturated heterocycles. The average molecular weight is 499 g/mol. The molecule has 1 aromatic heterocycles. The van der Waals surface area contributed by atoms with Crippen molar-refractivity contribution in [1.29, 1.82) is 0 Å². The summed E-state index contributed by atoms with van der Waals surface area (Å²) < 4.78 is 11.0. The monoisotopic (exact) mass is 498 g/mol. The summed E-state index contributed by atoms with van der Waals surface area (Å²) in [4.78, 5) is 20.9. The zero-order chi connectivity index (χ0) is 25.1. The van der Waals surface area contributed by atoms with E-state index in [1.807, 2.05) is 92.0 Å². The van der Waals surface area contributed by atoms with Crippen molar-refractivity contribution in [3.05, 3.63) is 102 Å². The molecule has 0 saturated carbocycles. The Morgan fingerprint density at radius 1 is 1.03 bits per heavy atom. The van der Waals surface area contributed by atoms with Crippen LogP contribution in [-0.4, -0.2) is 34.4 Å². The van der Waals surface area contributed by atoms with Crippen LogP contribution in [0.2, 0.25) is 0 Å². The van der Waals surface area contributed by atoms with Gasteiger partial charge in [0.25, 0.3) is 5.89 Å². The van der Waals surface area contributed by atoms with Gasteiger partial charge in [-0.05, 0) is 60.7 Å². The van der Waals surface area contributed by atoms with Crippen LogP contribution in [0.4, 0.5) is 4.79 Å². The summed E-state index contributed by atoms with van der Waals surface area (Å²) in [5.74, 6) is 1.65. The molecule has 1 aliphatic heterocycles. The first-order valence-corrected chi connectivity index (χ1v) is 12.7. The topological polar surface area (TPSA) is 80.5 Å². The Hall–Kier alpha value is -4.04. The predicted octanol–water partition coefficient (Wildman–Crippen LogP) is 6.16. The number of nitrogens with one attached hydrogen (secondary N) is 1. The molecule has 0 aliphatic carbocycles. The van der Waals surface area contributed by atoms with Gasteiger partial charge in [0.1, 0.15) is 5.75 Å². The molecule has 5 rings (SSSR count). The lowest BCUT2D eigenvalue weighted by Gasteiger charge is -2.35. The normalized spacial score (nSPS) is 15.7. The fourth-order valence-electron chi connectivity index (χ4n) is 4.25. The van der Waals surface area contributed by atoms with Gasteiger partial charge in [0.2, 0.25) is 5.82 Å². The Morgan fingerprint density at radius 3 is 2.42 bits per heavy atom. The number of allylic oxidation sites excluding steroid dienone is 1. The van der Waals surface area contributed by atoms with Crippen LogP contribution < -0.4 is 10.1 Å². The quantitative estimate of drug-likeness (QED) is 0.307. The van der Waals surface area contributed by atoms with Gasteiger partial charge in [-0.25, -0.2) is 4.79 Å². The molecule has 0 spiro atoms. The molecule has 1 N–H and O–H groups in total. The summed E-state index contributed by atoms with van der Waals surface area (Å²) in [5.41, 5.74) is 4.31. The van der Waals surface area contributed by atoms with Crippen molar-refractivity contribution in [2.24, 2.45) is 0 Å². The molecule has 3 aromatic carbocycles. The number of carbonyl (C=O) groups is 1. The van der Waals surface area contributed by atoms with Gasteiger partial charge >= 0.3 is 6.03 Å². The third kappa shape index (κ3) is 4.72. The smallest absolute Gasteiger partial charge is 0.322 e. The molecule has 1 aliphatic rings. The Balaban J connectivity index is 1.55. The van der Waals surface area contributed by atoms with E-state index in [4.69, 9.17) is 14.2 Å². The highest BCUT2D eigenvalue weighted by molar-refractivity contribution is 7.98. The summed E-state index contributed by atoms with van der Waals surface area (Å²) in [5, 5.41) is 7.40. The first kappa shape index (κ1) is 23.7. The van der Waals surface area contributed by atoms with Gasteiger partial charge < -0.3 is 14.6 Å². The van der Waals surface area contributed by atoms with Crippen LogP contribution in [0.3, 0.4) is 0 Å². The lowest BCUT2D eigenvalue weighted by molar-refractivity contribution is 0.203. The lowest BCUT2D eigenvalue weighted by atomic mass is 9.94. The number of rotatable bonds is 7. The van der Waals surface area contributed by atoms with Gasteiger partial charge in [0, 0.05) is 16.2 Å². The maximum absolute atomic E-state index is 13.3. The Bertz CT molecular complexity index is 1380. The standard InChI is InChI=1S/C28H26N4O3S/c1-18-24(27-30-26(31-35-27)21-11-15-23(36-3)16-12-21)25(20-7-5-4-6-8-20)29-28(33)32(18)17-19-9-13-22(34-2)14-10-19/h4-16,25H,17H2,1-3H3,(H,29,33). The average Bonchev–Trinajstić information content (AvgIpc) is 3.41. The van der Waals surface area contributed by atoms with Crippen molar-refractivity contribution in [1.82, 2.24) is 20.4 Å². The minimum atomic E-state index is -0.419. The van der Waals surface area contributed by atoms with Gasteiger partial charge in [-0.15, -0.1) is 11.8 Å². The van der Waals surface area contributed by atoms with Crippen LogP contribution in [0.1, 0.15) is 30.0 Å². The number of ether oxygens (including phenoxy) is 1. The molecule has 2 heterocycles. The number of hydrogen-bond donors (Lipinski definition) is 1. The lowest BCUT2D eigenvalue weighted by Crippen LogP contribution is -2.45. The van der Waals surface area contributed by atoms with Crippen molar-refractivity contribution in [3.63, 3.8) is 0 Å². The van der Waals surface area contributed by atoms with E-state index in [2.05, 4.69) is 10.5 Å². The van der Waals surface area contributed by atoms with E-state index < -0.39 is 6.04 Å². The molecule has 4 aromatic rings. The number of aromatic nitrogens is 2. The molecule has 182 valence electrons. The molecule has 0 radical (unpaired) electrons. The van der Waals surface area contributed by atoms with E-state index in [1.165, 1.54) is 0 Å². The molecule has 36 heavy (non-hydrogen) atoms. The minimum absolute atomic E-state index is 0.187. The third-order valence-electron chi connectivity index (χ3n) is 6.23. The zero-order valence-corrected chi connectivity index (χ0v) is 21.1. The highest BCUT2D eigenvalue weighted by atomic mass is 32.2. The van der Waals surface area contributed by atoms with Crippen LogP contribution in [0, 0.1) is 0 Å². The van der Waals surface area contributed by atoms with Gasteiger partial charge in [0.15, 0.2) is 0 Å². The molecule has 7 nitrogen and oxygen atoms in total. The van der Waals surface area contributed by atoms with Crippen molar-refractivity contribution >= 4 is 23.4 Å². The molecule has 1 unspecified atom stereocenters. The van der Waals surface area contributed by atoms with Crippen LogP contribution in [0.25, 0.3) is 17.0 Å². The first-order chi connectivity index (χ1) is 17.6. The van der Waals surface area contributed by atoms with Gasteiger partial charge in [-0.2, -0.15) is 4.98 Å². The Kier molecular flexibility index (Phi) is 6.77. The van der Waals surface area contributed by atoms with E-state index in [1.54, 1.807) is 23.8 Å². The van der Waals surface area contributed by atoms with Crippen molar-refractivity contribution in [2.45, 2.75) is 24.4 Å². The summed E-state index contributed by atoms with van der Waals surface area (Å²) in [6.07, 6.45) is 2.04. The SMILES string of the molecule is COc1ccc(CN2C(=O)NC(c3ccccc3)C(c3nc(-c4ccc(SC)cc4)no3)=C2C)cc1. The second-order valence-corrected chi connectivity index (χ2v) is 9.26. The van der Waals surface area contributed by atoms with Gasteiger partial charge in [-0.3, -0.25) is 4.90 Å². The minimum Gasteiger partial charge on any atom is -0.497 e. The summed E-state index contributed by atoms with van der Waals surface area (Å²) in [7, 11) is 1.63. The molecule has 0 fully saturated rings. The van der Waals surface area contributed by atoms with E-state index in [0.29, 0.717) is 18.3 Å². The second kappa shape index (κ2) is 10.3. The van der Waals surface area contributed by atoms with E-state index in [0.717, 1.165) is 38.6 Å². The second-order valence-electron chi connectivity index (χ2n) is 8.38. The number of hydrogen-bond acceptors (Lipinski definition) is 6. The van der Waals surface area contributed by atoms with Gasteiger partial charge in [-0.1, -0.05) is 47.6 Å². The fourth-order valence-corrected chi connectivity index (χ4v) is 4.66. The molecule has 2 amide bonds. The highest BCUT2D eigenvalue weighted by Gasteiger charge is 2.35.